The first-order chi connectivity index (χ1) is 7.18. The van der Waals surface area contributed by atoms with Gasteiger partial charge in [-0.1, -0.05) is 30.3 Å². The van der Waals surface area contributed by atoms with Gasteiger partial charge in [0, 0.05) is 0 Å². The molecule has 2 rings (SSSR count). The molecule has 1 atom stereocenters. The van der Waals surface area contributed by atoms with Gasteiger partial charge < -0.3 is 0 Å². The van der Waals surface area contributed by atoms with Crippen molar-refractivity contribution in [2.45, 2.75) is 6.42 Å². The molecule has 0 spiro atoms. The Labute approximate surface area is 86.3 Å². The Morgan fingerprint density at radius 1 is 1.07 bits per heavy atom. The molecule has 1 heterocycles. The number of Topliss-reactive ketones (excluding diaryl/α,β-unsaturated/α-hetero) is 1. The lowest BCUT2D eigenvalue weighted by molar-refractivity contribution is -0.136. The number of hydrogen-bond donors (Lipinski definition) is 1. The van der Waals surface area contributed by atoms with Crippen LogP contribution in [0.2, 0.25) is 0 Å². The Kier molecular flexibility index (Phi) is 2.33. The zero-order chi connectivity index (χ0) is 10.8. The lowest BCUT2D eigenvalue weighted by Gasteiger charge is -2.03. The van der Waals surface area contributed by atoms with E-state index in [0.29, 0.717) is 0 Å². The van der Waals surface area contributed by atoms with E-state index in [2.05, 4.69) is 0 Å². The largest absolute Gasteiger partial charge is 0.294 e. The zero-order valence-electron chi connectivity index (χ0n) is 7.90. The van der Waals surface area contributed by atoms with Crippen LogP contribution in [0.1, 0.15) is 5.56 Å². The van der Waals surface area contributed by atoms with Gasteiger partial charge in [0.15, 0.2) is 0 Å². The first kappa shape index (κ1) is 9.58. The molecule has 1 unspecified atom stereocenters. The zero-order valence-corrected chi connectivity index (χ0v) is 7.90. The second-order valence-electron chi connectivity index (χ2n) is 3.42. The minimum atomic E-state index is -0.847. The molecule has 2 amide bonds. The molecule has 76 valence electrons. The molecule has 0 aliphatic carbocycles. The second kappa shape index (κ2) is 3.65. The van der Waals surface area contributed by atoms with Crippen LogP contribution in [0.4, 0.5) is 0 Å². The lowest BCUT2D eigenvalue weighted by atomic mass is 9.97. The van der Waals surface area contributed by atoms with Crippen molar-refractivity contribution >= 4 is 17.6 Å². The third kappa shape index (κ3) is 1.79. The van der Waals surface area contributed by atoms with Crippen LogP contribution in [-0.4, -0.2) is 17.6 Å². The molecule has 1 saturated heterocycles. The molecule has 0 aromatic heterocycles. The van der Waals surface area contributed by atoms with E-state index in [-0.39, 0.29) is 6.42 Å². The van der Waals surface area contributed by atoms with Gasteiger partial charge >= 0.3 is 0 Å². The summed E-state index contributed by atoms with van der Waals surface area (Å²) >= 11 is 0. The summed E-state index contributed by atoms with van der Waals surface area (Å²) in [6.45, 7) is 0. The van der Waals surface area contributed by atoms with Gasteiger partial charge in [-0.2, -0.15) is 0 Å². The molecule has 1 aliphatic heterocycles. The molecular formula is C11H9NO3. The molecule has 1 aliphatic rings. The average molecular weight is 203 g/mol. The van der Waals surface area contributed by atoms with E-state index in [0.717, 1.165) is 5.56 Å². The highest BCUT2D eigenvalue weighted by Gasteiger charge is 2.39. The third-order valence-electron chi connectivity index (χ3n) is 2.38. The van der Waals surface area contributed by atoms with Gasteiger partial charge in [0.2, 0.25) is 11.7 Å². The van der Waals surface area contributed by atoms with Gasteiger partial charge in [0.1, 0.15) is 5.92 Å². The number of ketones is 1. The van der Waals surface area contributed by atoms with Crippen LogP contribution in [0.15, 0.2) is 30.3 Å². The first-order valence-electron chi connectivity index (χ1n) is 4.61. The monoisotopic (exact) mass is 203 g/mol. The van der Waals surface area contributed by atoms with E-state index in [1.165, 1.54) is 0 Å². The van der Waals surface area contributed by atoms with Gasteiger partial charge in [-0.05, 0) is 12.0 Å². The highest BCUT2D eigenvalue weighted by molar-refractivity contribution is 6.48. The maximum absolute atomic E-state index is 11.3. The summed E-state index contributed by atoms with van der Waals surface area (Å²) in [6, 6.07) is 9.15. The predicted molar refractivity (Wildman–Crippen MR) is 51.8 cm³/mol. The van der Waals surface area contributed by atoms with Crippen molar-refractivity contribution in [2.24, 2.45) is 5.92 Å². The van der Waals surface area contributed by atoms with E-state index < -0.39 is 23.5 Å². The quantitative estimate of drug-likeness (QED) is 0.420. The SMILES string of the molecule is O=C1NC(=O)C(Cc2ccccc2)C1=O. The first-order valence-corrected chi connectivity index (χ1v) is 4.61. The number of rotatable bonds is 2. The van der Waals surface area contributed by atoms with E-state index >= 15 is 0 Å². The topological polar surface area (TPSA) is 63.2 Å². The van der Waals surface area contributed by atoms with Gasteiger partial charge in [-0.25, -0.2) is 0 Å². The Morgan fingerprint density at radius 3 is 2.27 bits per heavy atom. The molecule has 1 fully saturated rings. The highest BCUT2D eigenvalue weighted by atomic mass is 16.2. The van der Waals surface area contributed by atoms with Crippen molar-refractivity contribution < 1.29 is 14.4 Å². The number of hydrogen-bond acceptors (Lipinski definition) is 3. The van der Waals surface area contributed by atoms with Gasteiger partial charge in [0.05, 0.1) is 0 Å². The average Bonchev–Trinajstić information content (AvgIpc) is 2.47. The van der Waals surface area contributed by atoms with Gasteiger partial charge in [-0.15, -0.1) is 0 Å². The van der Waals surface area contributed by atoms with E-state index in [1.807, 2.05) is 35.6 Å². The Hall–Kier alpha value is -1.97. The summed E-state index contributed by atoms with van der Waals surface area (Å²) in [7, 11) is 0. The van der Waals surface area contributed by atoms with Crippen LogP contribution in [-0.2, 0) is 20.8 Å². The summed E-state index contributed by atoms with van der Waals surface area (Å²) in [5.74, 6) is -2.77. The molecule has 4 nitrogen and oxygen atoms in total. The highest BCUT2D eigenvalue weighted by Crippen LogP contribution is 2.14. The maximum atomic E-state index is 11.3. The van der Waals surface area contributed by atoms with Crippen molar-refractivity contribution in [2.75, 3.05) is 0 Å². The molecule has 15 heavy (non-hydrogen) atoms. The van der Waals surface area contributed by atoms with Crippen LogP contribution in [0.25, 0.3) is 0 Å². The maximum Gasteiger partial charge on any atom is 0.294 e. The fourth-order valence-corrected chi connectivity index (χ4v) is 1.57. The minimum Gasteiger partial charge on any atom is -0.289 e. The van der Waals surface area contributed by atoms with Crippen LogP contribution < -0.4 is 5.32 Å². The summed E-state index contributed by atoms with van der Waals surface area (Å²) in [5.41, 5.74) is 0.876. The molecule has 0 radical (unpaired) electrons. The Balaban J connectivity index is 2.16. The molecule has 1 aromatic rings. The molecule has 4 heteroatoms. The number of benzene rings is 1. The van der Waals surface area contributed by atoms with Crippen molar-refractivity contribution in [1.82, 2.24) is 5.32 Å². The summed E-state index contributed by atoms with van der Waals surface area (Å²) < 4.78 is 0. The van der Waals surface area contributed by atoms with Crippen LogP contribution in [0, 0.1) is 5.92 Å². The van der Waals surface area contributed by atoms with E-state index in [1.54, 1.807) is 0 Å². The normalized spacial score (nSPS) is 20.5. The molecular weight excluding hydrogens is 194 g/mol. The summed E-state index contributed by atoms with van der Waals surface area (Å²) in [5, 5.41) is 2.01. The Morgan fingerprint density at radius 2 is 1.73 bits per heavy atom. The molecule has 1 aromatic carbocycles. The molecule has 1 N–H and O–H groups in total. The standard InChI is InChI=1S/C11H9NO3/c13-9-8(10(14)12-11(9)15)6-7-4-2-1-3-5-7/h1-5,8H,6H2,(H,12,14,15). The number of nitrogens with one attached hydrogen (secondary N) is 1. The van der Waals surface area contributed by atoms with E-state index in [9.17, 15) is 14.4 Å². The van der Waals surface area contributed by atoms with E-state index in [4.69, 9.17) is 0 Å². The number of amides is 2. The number of carbonyl (C=O) groups excluding carboxylic acids is 3. The molecule has 0 bridgehead atoms. The van der Waals surface area contributed by atoms with Gasteiger partial charge in [0.25, 0.3) is 5.91 Å². The number of imide groups is 1. The Bertz CT molecular complexity index is 425. The summed E-state index contributed by atoms with van der Waals surface area (Å²) in [6.07, 6.45) is 0.289. The lowest BCUT2D eigenvalue weighted by Crippen LogP contribution is -2.22. The fourth-order valence-electron chi connectivity index (χ4n) is 1.57. The predicted octanol–water partition coefficient (Wildman–Crippen LogP) is 0.0708. The van der Waals surface area contributed by atoms with Crippen LogP contribution in [0.3, 0.4) is 0 Å². The third-order valence-corrected chi connectivity index (χ3v) is 2.38. The fraction of sp³-hybridized carbons (Fsp3) is 0.182. The van der Waals surface area contributed by atoms with Crippen LogP contribution >= 0.6 is 0 Å². The van der Waals surface area contributed by atoms with Crippen molar-refractivity contribution in [3.8, 4) is 0 Å². The van der Waals surface area contributed by atoms with Crippen molar-refractivity contribution in [1.29, 1.82) is 0 Å². The van der Waals surface area contributed by atoms with Crippen molar-refractivity contribution in [3.63, 3.8) is 0 Å². The molecule has 0 saturated carbocycles. The van der Waals surface area contributed by atoms with Crippen molar-refractivity contribution in [3.05, 3.63) is 35.9 Å². The number of carbonyl (C=O) groups is 3. The second-order valence-corrected chi connectivity index (χ2v) is 3.42. The van der Waals surface area contributed by atoms with Crippen LogP contribution in [0.5, 0.6) is 0 Å². The smallest absolute Gasteiger partial charge is 0.289 e. The summed E-state index contributed by atoms with van der Waals surface area (Å²) in [4.78, 5) is 33.4. The minimum absolute atomic E-state index is 0.289. The van der Waals surface area contributed by atoms with Gasteiger partial charge in [-0.3, -0.25) is 19.7 Å².